The van der Waals surface area contributed by atoms with Crippen LogP contribution in [0.4, 0.5) is 5.13 Å². The van der Waals surface area contributed by atoms with Crippen LogP contribution in [-0.2, 0) is 0 Å². The van der Waals surface area contributed by atoms with Gasteiger partial charge >= 0.3 is 0 Å². The van der Waals surface area contributed by atoms with E-state index in [9.17, 15) is 0 Å². The minimum atomic E-state index is 0.809. The van der Waals surface area contributed by atoms with Crippen molar-refractivity contribution in [2.24, 2.45) is 5.10 Å². The first-order chi connectivity index (χ1) is 9.33. The van der Waals surface area contributed by atoms with Crippen molar-refractivity contribution in [3.63, 3.8) is 0 Å². The molecule has 0 atom stereocenters. The molecule has 0 amide bonds. The second-order valence-electron chi connectivity index (χ2n) is 3.88. The Morgan fingerprint density at radius 1 is 1.11 bits per heavy atom. The van der Waals surface area contributed by atoms with Crippen LogP contribution in [0, 0.1) is 3.57 Å². The molecule has 0 aliphatic heterocycles. The number of fused-ring (bicyclic) bond motifs is 1. The van der Waals surface area contributed by atoms with Gasteiger partial charge in [0, 0.05) is 9.13 Å². The molecule has 1 heterocycles. The molecule has 1 N–H and O–H groups in total. The predicted molar refractivity (Wildman–Crippen MR) is 90.0 cm³/mol. The van der Waals surface area contributed by atoms with E-state index in [-0.39, 0.29) is 0 Å². The fourth-order valence-corrected chi connectivity index (χ4v) is 3.00. The largest absolute Gasteiger partial charge is 0.253 e. The second-order valence-corrected chi connectivity index (χ2v) is 6.07. The SMILES string of the molecule is Ic1ccccc1C=NNc1nc2ccccc2s1. The third kappa shape index (κ3) is 2.93. The number of benzene rings is 2. The standard InChI is InChI=1S/C14H10IN3S/c15-11-6-2-1-5-10(11)9-16-18-14-17-12-7-3-4-8-13(12)19-14/h1-9H,(H,17,18). The van der Waals surface area contributed by atoms with Crippen molar-refractivity contribution in [3.05, 3.63) is 57.7 Å². The first-order valence-corrected chi connectivity index (χ1v) is 7.61. The van der Waals surface area contributed by atoms with Gasteiger partial charge in [-0.25, -0.2) is 4.98 Å². The van der Waals surface area contributed by atoms with Crippen molar-refractivity contribution in [2.45, 2.75) is 0 Å². The number of para-hydroxylation sites is 1. The summed E-state index contributed by atoms with van der Waals surface area (Å²) in [5.41, 5.74) is 5.08. The van der Waals surface area contributed by atoms with Crippen molar-refractivity contribution < 1.29 is 0 Å². The molecule has 5 heteroatoms. The summed E-state index contributed by atoms with van der Waals surface area (Å²) < 4.78 is 2.34. The molecule has 0 radical (unpaired) electrons. The molecule has 0 bridgehead atoms. The molecule has 3 rings (SSSR count). The maximum Gasteiger partial charge on any atom is 0.204 e. The second kappa shape index (κ2) is 5.66. The zero-order chi connectivity index (χ0) is 13.1. The van der Waals surface area contributed by atoms with E-state index in [1.165, 1.54) is 3.57 Å². The summed E-state index contributed by atoms with van der Waals surface area (Å²) in [6.45, 7) is 0. The summed E-state index contributed by atoms with van der Waals surface area (Å²) in [6, 6.07) is 16.2. The highest BCUT2D eigenvalue weighted by Crippen LogP contribution is 2.25. The molecular weight excluding hydrogens is 369 g/mol. The van der Waals surface area contributed by atoms with Crippen molar-refractivity contribution >= 4 is 55.5 Å². The number of rotatable bonds is 3. The Bertz CT molecular complexity index is 703. The van der Waals surface area contributed by atoms with E-state index >= 15 is 0 Å². The number of thiazole rings is 1. The molecule has 0 saturated heterocycles. The molecule has 0 aliphatic rings. The summed E-state index contributed by atoms with van der Waals surface area (Å²) in [4.78, 5) is 4.46. The van der Waals surface area contributed by atoms with E-state index in [1.54, 1.807) is 11.3 Å². The van der Waals surface area contributed by atoms with Gasteiger partial charge in [-0.15, -0.1) is 0 Å². The average Bonchev–Trinajstić information content (AvgIpc) is 2.83. The molecule has 3 aromatic rings. The number of nitrogens with one attached hydrogen (secondary N) is 1. The Morgan fingerprint density at radius 2 is 1.89 bits per heavy atom. The fourth-order valence-electron chi connectivity index (χ4n) is 1.66. The van der Waals surface area contributed by atoms with Gasteiger partial charge in [0.25, 0.3) is 0 Å². The smallest absolute Gasteiger partial charge is 0.204 e. The van der Waals surface area contributed by atoms with E-state index in [4.69, 9.17) is 0 Å². The van der Waals surface area contributed by atoms with E-state index in [0.717, 1.165) is 20.9 Å². The topological polar surface area (TPSA) is 37.3 Å². The zero-order valence-corrected chi connectivity index (χ0v) is 12.9. The van der Waals surface area contributed by atoms with Gasteiger partial charge in [0.15, 0.2) is 0 Å². The monoisotopic (exact) mass is 379 g/mol. The molecule has 1 aromatic heterocycles. The van der Waals surface area contributed by atoms with Crippen LogP contribution >= 0.6 is 33.9 Å². The predicted octanol–water partition coefficient (Wildman–Crippen LogP) is 4.35. The molecular formula is C14H10IN3S. The van der Waals surface area contributed by atoms with Crippen molar-refractivity contribution in [3.8, 4) is 0 Å². The van der Waals surface area contributed by atoms with Crippen LogP contribution in [0.1, 0.15) is 5.56 Å². The molecule has 0 unspecified atom stereocenters. The quantitative estimate of drug-likeness (QED) is 0.418. The normalized spacial score (nSPS) is 11.2. The summed E-state index contributed by atoms with van der Waals surface area (Å²) in [6.07, 6.45) is 1.81. The number of halogens is 1. The Morgan fingerprint density at radius 3 is 2.74 bits per heavy atom. The van der Waals surface area contributed by atoms with Gasteiger partial charge in [0.2, 0.25) is 5.13 Å². The highest BCUT2D eigenvalue weighted by atomic mass is 127. The van der Waals surface area contributed by atoms with Gasteiger partial charge in [-0.1, -0.05) is 41.7 Å². The lowest BCUT2D eigenvalue weighted by atomic mass is 10.2. The number of aromatic nitrogens is 1. The highest BCUT2D eigenvalue weighted by molar-refractivity contribution is 14.1. The average molecular weight is 379 g/mol. The lowest BCUT2D eigenvalue weighted by molar-refractivity contribution is 1.31. The van der Waals surface area contributed by atoms with Gasteiger partial charge in [-0.3, -0.25) is 5.43 Å². The van der Waals surface area contributed by atoms with Crippen LogP contribution in [0.3, 0.4) is 0 Å². The number of hydrogen-bond acceptors (Lipinski definition) is 4. The third-order valence-electron chi connectivity index (χ3n) is 2.56. The minimum Gasteiger partial charge on any atom is -0.253 e. The van der Waals surface area contributed by atoms with Crippen LogP contribution in [-0.4, -0.2) is 11.2 Å². The maximum atomic E-state index is 4.46. The molecule has 19 heavy (non-hydrogen) atoms. The lowest BCUT2D eigenvalue weighted by Gasteiger charge is -1.96. The molecule has 94 valence electrons. The van der Waals surface area contributed by atoms with Crippen LogP contribution < -0.4 is 5.43 Å². The molecule has 0 aliphatic carbocycles. The molecule has 3 nitrogen and oxygen atoms in total. The number of hydrogen-bond donors (Lipinski definition) is 1. The Hall–Kier alpha value is -1.47. The summed E-state index contributed by atoms with van der Waals surface area (Å²) >= 11 is 3.89. The molecule has 2 aromatic carbocycles. The maximum absolute atomic E-state index is 4.46. The number of anilines is 1. The van der Waals surface area contributed by atoms with Gasteiger partial charge in [0.1, 0.15) is 0 Å². The zero-order valence-electron chi connectivity index (χ0n) is 9.88. The van der Waals surface area contributed by atoms with Crippen LogP contribution in [0.2, 0.25) is 0 Å². The van der Waals surface area contributed by atoms with E-state index in [0.29, 0.717) is 0 Å². The van der Waals surface area contributed by atoms with Crippen LogP contribution in [0.15, 0.2) is 53.6 Å². The molecule has 0 fully saturated rings. The molecule has 0 spiro atoms. The van der Waals surface area contributed by atoms with E-state index < -0.39 is 0 Å². The van der Waals surface area contributed by atoms with Crippen molar-refractivity contribution in [1.29, 1.82) is 0 Å². The Labute approximate surface area is 128 Å². The van der Waals surface area contributed by atoms with Gasteiger partial charge < -0.3 is 0 Å². The van der Waals surface area contributed by atoms with Crippen molar-refractivity contribution in [2.75, 3.05) is 5.43 Å². The number of nitrogens with zero attached hydrogens (tertiary/aromatic N) is 2. The highest BCUT2D eigenvalue weighted by Gasteiger charge is 2.00. The van der Waals surface area contributed by atoms with E-state index in [1.807, 2.05) is 42.6 Å². The Kier molecular flexibility index (Phi) is 3.74. The van der Waals surface area contributed by atoms with Gasteiger partial charge in [0.05, 0.1) is 16.4 Å². The van der Waals surface area contributed by atoms with Crippen molar-refractivity contribution in [1.82, 2.24) is 4.98 Å². The minimum absolute atomic E-state index is 0.809. The summed E-state index contributed by atoms with van der Waals surface area (Å²) in [5.74, 6) is 0. The Balaban J connectivity index is 1.77. The van der Waals surface area contributed by atoms with Crippen LogP contribution in [0.25, 0.3) is 10.2 Å². The summed E-state index contributed by atoms with van der Waals surface area (Å²) in [5, 5.41) is 5.04. The number of hydrazone groups is 1. The third-order valence-corrected chi connectivity index (χ3v) is 4.49. The fraction of sp³-hybridized carbons (Fsp3) is 0. The lowest BCUT2D eigenvalue weighted by Crippen LogP contribution is -1.91. The first kappa shape index (κ1) is 12.6. The first-order valence-electron chi connectivity index (χ1n) is 5.72. The van der Waals surface area contributed by atoms with Crippen LogP contribution in [0.5, 0.6) is 0 Å². The van der Waals surface area contributed by atoms with Gasteiger partial charge in [-0.2, -0.15) is 5.10 Å². The van der Waals surface area contributed by atoms with E-state index in [2.05, 4.69) is 50.2 Å². The molecule has 0 saturated carbocycles. The van der Waals surface area contributed by atoms with Gasteiger partial charge in [-0.05, 0) is 40.8 Å². The summed E-state index contributed by atoms with van der Waals surface area (Å²) in [7, 11) is 0.